The van der Waals surface area contributed by atoms with Gasteiger partial charge in [0.25, 0.3) is 0 Å². The number of allylic oxidation sites excluding steroid dienone is 2. The van der Waals surface area contributed by atoms with Crippen molar-refractivity contribution in [2.24, 2.45) is 5.92 Å². The highest BCUT2D eigenvalue weighted by molar-refractivity contribution is 6.77. The number of hydrogen-bond acceptors (Lipinski definition) is 6. The lowest BCUT2D eigenvalue weighted by Crippen LogP contribution is -2.52. The summed E-state index contributed by atoms with van der Waals surface area (Å²) in [4.78, 5) is 25.3. The maximum atomic E-state index is 13.2. The van der Waals surface area contributed by atoms with Crippen LogP contribution in [0.5, 0.6) is 0 Å². The molecule has 1 aromatic carbocycles. The van der Waals surface area contributed by atoms with Crippen LogP contribution in [0.3, 0.4) is 0 Å². The summed E-state index contributed by atoms with van der Waals surface area (Å²) in [7, 11) is -2.88. The lowest BCUT2D eigenvalue weighted by atomic mass is 9.96. The number of rotatable bonds is 16. The van der Waals surface area contributed by atoms with Crippen molar-refractivity contribution in [3.63, 3.8) is 0 Å². The second kappa shape index (κ2) is 17.4. The van der Waals surface area contributed by atoms with Gasteiger partial charge in [-0.2, -0.15) is 0 Å². The third-order valence-corrected chi connectivity index (χ3v) is 19.8. The normalized spacial score (nSPS) is 15.8. The van der Waals surface area contributed by atoms with E-state index in [0.29, 0.717) is 28.8 Å². The first-order valence-corrected chi connectivity index (χ1v) is 21.0. The summed E-state index contributed by atoms with van der Waals surface area (Å²) >= 11 is 0. The molecule has 0 bridgehead atoms. The van der Waals surface area contributed by atoms with Crippen LogP contribution < -0.4 is 0 Å². The van der Waals surface area contributed by atoms with Gasteiger partial charge in [-0.1, -0.05) is 111 Å². The fourth-order valence-electron chi connectivity index (χ4n) is 5.39. The topological polar surface area (TPSA) is 71.1 Å². The molecule has 0 N–H and O–H groups in total. The van der Waals surface area contributed by atoms with Crippen molar-refractivity contribution < 1.29 is 27.9 Å². The molecule has 3 atom stereocenters. The summed E-state index contributed by atoms with van der Waals surface area (Å²) in [5.41, 5.74) is 2.58. The largest absolute Gasteiger partial charge is 0.466 e. The predicted molar refractivity (Wildman–Crippen MR) is 188 cm³/mol. The zero-order valence-electron chi connectivity index (χ0n) is 29.9. The Bertz CT molecular complexity index is 1110. The molecule has 0 unspecified atom stereocenters. The van der Waals surface area contributed by atoms with Gasteiger partial charge < -0.3 is 18.3 Å². The summed E-state index contributed by atoms with van der Waals surface area (Å²) < 4.78 is 24.6. The van der Waals surface area contributed by atoms with E-state index in [0.717, 1.165) is 5.57 Å². The molecule has 0 saturated carbocycles. The van der Waals surface area contributed by atoms with Crippen LogP contribution in [0.15, 0.2) is 66.3 Å². The summed E-state index contributed by atoms with van der Waals surface area (Å²) in [5.74, 6) is -1.28. The highest BCUT2D eigenvalue weighted by Gasteiger charge is 2.47. The third-order valence-electron chi connectivity index (χ3n) is 9.16. The number of carbonyl (C=O) groups is 2. The summed E-state index contributed by atoms with van der Waals surface area (Å²) in [6, 6.07) is 8.88. The lowest BCUT2D eigenvalue weighted by molar-refractivity contribution is -0.134. The van der Waals surface area contributed by atoms with Crippen molar-refractivity contribution in [3.8, 4) is 0 Å². The molecule has 0 radical (unpaired) electrons. The number of methoxy groups -OCH3 is 1. The van der Waals surface area contributed by atoms with Crippen molar-refractivity contribution in [2.75, 3.05) is 13.7 Å². The quantitative estimate of drug-likeness (QED) is 0.0772. The Morgan fingerprint density at radius 2 is 1.36 bits per heavy atom. The second-order valence-corrected chi connectivity index (χ2v) is 24.5. The molecule has 248 valence electrons. The van der Waals surface area contributed by atoms with Gasteiger partial charge >= 0.3 is 11.9 Å². The molecular weight excluding hydrogens is 585 g/mol. The Labute approximate surface area is 270 Å². The zero-order valence-corrected chi connectivity index (χ0v) is 31.9. The smallest absolute Gasteiger partial charge is 0.338 e. The van der Waals surface area contributed by atoms with Gasteiger partial charge in [0.2, 0.25) is 8.32 Å². The van der Waals surface area contributed by atoms with Crippen LogP contribution >= 0.6 is 0 Å². The van der Waals surface area contributed by atoms with E-state index >= 15 is 0 Å². The van der Waals surface area contributed by atoms with Crippen molar-refractivity contribution in [2.45, 2.75) is 123 Å². The fourth-order valence-corrected chi connectivity index (χ4v) is 11.9. The highest BCUT2D eigenvalue weighted by Crippen LogP contribution is 2.44. The molecule has 0 aliphatic rings. The highest BCUT2D eigenvalue weighted by atomic mass is 28.4. The average molecular weight is 645 g/mol. The first-order chi connectivity index (χ1) is 20.3. The van der Waals surface area contributed by atoms with Gasteiger partial charge in [-0.15, -0.1) is 0 Å². The van der Waals surface area contributed by atoms with Gasteiger partial charge in [0.15, 0.2) is 8.32 Å². The number of carbonyl (C=O) groups excluding carboxylic acids is 2. The fraction of sp³-hybridized carbons (Fsp3) is 0.611. The Hall–Kier alpha value is -2.27. The van der Waals surface area contributed by atoms with Crippen LogP contribution in [0.25, 0.3) is 0 Å². The molecule has 1 rings (SSSR count). The monoisotopic (exact) mass is 644 g/mol. The minimum Gasteiger partial charge on any atom is -0.466 e. The van der Waals surface area contributed by atoms with Crippen LogP contribution in [0.1, 0.15) is 86.5 Å². The van der Waals surface area contributed by atoms with Crippen molar-refractivity contribution in [1.29, 1.82) is 0 Å². The number of ether oxygens (including phenoxy) is 2. The number of benzene rings is 1. The van der Waals surface area contributed by atoms with Crippen molar-refractivity contribution in [3.05, 3.63) is 71.8 Å². The number of hydrogen-bond donors (Lipinski definition) is 0. The zero-order chi connectivity index (χ0) is 33.9. The second-order valence-electron chi connectivity index (χ2n) is 14.3. The molecule has 0 aliphatic heterocycles. The Morgan fingerprint density at radius 3 is 1.84 bits per heavy atom. The lowest BCUT2D eigenvalue weighted by Gasteiger charge is -2.45. The van der Waals surface area contributed by atoms with Crippen LogP contribution in [-0.2, 0) is 23.1 Å². The summed E-state index contributed by atoms with van der Waals surface area (Å²) in [5, 5.41) is 0.140. The van der Waals surface area contributed by atoms with Crippen molar-refractivity contribution >= 4 is 28.6 Å². The molecule has 0 spiro atoms. The Morgan fingerprint density at radius 1 is 0.841 bits per heavy atom. The Balaban J connectivity index is 3.56. The SMILES string of the molecule is COC(=O)/C=C/[C@@H](OC(=O)c1ccccc1)[C@H](C)[C@H](/C=C/C(C)=C/CO[Si](C)(C)C(C)(C)C)O[Si](C(C)C)(C(C)C)C(C)C. The van der Waals surface area contributed by atoms with Gasteiger partial charge in [0.05, 0.1) is 25.4 Å². The summed E-state index contributed by atoms with van der Waals surface area (Å²) in [6.07, 6.45) is 8.10. The third kappa shape index (κ3) is 11.3. The van der Waals surface area contributed by atoms with Crippen LogP contribution in [0, 0.1) is 5.92 Å². The molecule has 0 aliphatic carbocycles. The molecule has 1 aromatic rings. The first-order valence-electron chi connectivity index (χ1n) is 16.0. The first kappa shape index (κ1) is 39.8. The predicted octanol–water partition coefficient (Wildman–Crippen LogP) is 9.66. The van der Waals surface area contributed by atoms with E-state index in [4.69, 9.17) is 18.3 Å². The van der Waals surface area contributed by atoms with E-state index in [1.807, 2.05) is 13.0 Å². The molecule has 0 heterocycles. The van der Waals surface area contributed by atoms with E-state index in [1.165, 1.54) is 13.2 Å². The van der Waals surface area contributed by atoms with Crippen LogP contribution in [-0.4, -0.2) is 54.5 Å². The van der Waals surface area contributed by atoms with E-state index < -0.39 is 34.7 Å². The Kier molecular flexibility index (Phi) is 15.8. The van der Waals surface area contributed by atoms with E-state index in [-0.39, 0.29) is 17.1 Å². The van der Waals surface area contributed by atoms with Crippen molar-refractivity contribution in [1.82, 2.24) is 0 Å². The molecule has 44 heavy (non-hydrogen) atoms. The maximum Gasteiger partial charge on any atom is 0.338 e. The van der Waals surface area contributed by atoms with Gasteiger partial charge in [-0.25, -0.2) is 9.59 Å². The molecule has 0 amide bonds. The number of esters is 2. The van der Waals surface area contributed by atoms with Gasteiger partial charge in [0, 0.05) is 12.0 Å². The summed E-state index contributed by atoms with van der Waals surface area (Å²) in [6.45, 7) is 29.4. The van der Waals surface area contributed by atoms with E-state index in [2.05, 4.69) is 101 Å². The van der Waals surface area contributed by atoms with Gasteiger partial charge in [-0.05, 0) is 59.9 Å². The standard InChI is InChI=1S/C36H60O6Si2/c1-26(2)44(27(3)4,28(5)6)42-33(21-20-29(7)24-25-40-43(13,14)36(9,10)11)30(8)32(22-23-34(37)39-12)41-35(38)31-18-16-15-17-19-31/h15-24,26-28,30,32-33H,25H2,1-14H3/b21-20+,23-22+,29-24+/t30-,32+,33-/m0/s1. The molecule has 8 heteroatoms. The average Bonchev–Trinajstić information content (AvgIpc) is 2.93. The molecular formula is C36H60O6Si2. The molecule has 0 aromatic heterocycles. The molecule has 0 fully saturated rings. The van der Waals surface area contributed by atoms with Gasteiger partial charge in [-0.3, -0.25) is 0 Å². The molecule has 0 saturated heterocycles. The van der Waals surface area contributed by atoms with E-state index in [9.17, 15) is 9.59 Å². The molecule has 6 nitrogen and oxygen atoms in total. The minimum atomic E-state index is -2.34. The van der Waals surface area contributed by atoms with Crippen LogP contribution in [0.2, 0.25) is 34.8 Å². The maximum absolute atomic E-state index is 13.2. The minimum absolute atomic E-state index is 0.140. The van der Waals surface area contributed by atoms with Gasteiger partial charge in [0.1, 0.15) is 6.10 Å². The van der Waals surface area contributed by atoms with Crippen LogP contribution in [0.4, 0.5) is 0 Å². The van der Waals surface area contributed by atoms with E-state index in [1.54, 1.807) is 30.3 Å².